The molecule has 0 radical (unpaired) electrons. The zero-order valence-electron chi connectivity index (χ0n) is 64.1. The molecule has 0 aliphatic rings. The van der Waals surface area contributed by atoms with Crippen molar-refractivity contribution >= 4 is 39.5 Å². The summed E-state index contributed by atoms with van der Waals surface area (Å²) in [5.41, 5.74) is 0. The number of ether oxygens (including phenoxy) is 4. The van der Waals surface area contributed by atoms with Gasteiger partial charge in [-0.05, 0) is 141 Å². The topological polar surface area (TPSA) is 237 Å². The smallest absolute Gasteiger partial charge is 0.462 e. The van der Waals surface area contributed by atoms with Crippen molar-refractivity contribution in [1.29, 1.82) is 0 Å². The van der Waals surface area contributed by atoms with Gasteiger partial charge in [-0.3, -0.25) is 37.3 Å². The Bertz CT molecular complexity index is 2690. The van der Waals surface area contributed by atoms with Gasteiger partial charge in [0, 0.05) is 12.8 Å². The number of carbonyl (C=O) groups is 4. The molecule has 19 heteroatoms. The van der Waals surface area contributed by atoms with Crippen LogP contribution in [0.5, 0.6) is 0 Å². The summed E-state index contributed by atoms with van der Waals surface area (Å²) < 4.78 is 68.3. The van der Waals surface area contributed by atoms with E-state index in [1.54, 1.807) is 18.2 Å². The van der Waals surface area contributed by atoms with Crippen LogP contribution in [0.15, 0.2) is 182 Å². The van der Waals surface area contributed by atoms with Crippen molar-refractivity contribution in [2.45, 2.75) is 290 Å². The average Bonchev–Trinajstić information content (AvgIpc) is 0.912. The van der Waals surface area contributed by atoms with Crippen molar-refractivity contribution < 1.29 is 80.2 Å². The number of aliphatic hydroxyl groups is 1. The van der Waals surface area contributed by atoms with Crippen LogP contribution in [-0.4, -0.2) is 96.7 Å². The molecule has 0 spiro atoms. The number of hydrogen-bond acceptors (Lipinski definition) is 15. The minimum atomic E-state index is -5.02. The third-order valence-corrected chi connectivity index (χ3v) is 17.3. The maximum atomic E-state index is 13.1. The predicted molar refractivity (Wildman–Crippen MR) is 426 cm³/mol. The number of hydrogen-bond donors (Lipinski definition) is 3. The molecule has 0 fully saturated rings. The number of phosphoric acid groups is 2. The molecule has 0 aromatic carbocycles. The first kappa shape index (κ1) is 98.2. The van der Waals surface area contributed by atoms with Gasteiger partial charge in [-0.2, -0.15) is 0 Å². The molecule has 0 aromatic heterocycles. The first-order chi connectivity index (χ1) is 50.7. The molecule has 17 nitrogen and oxygen atoms in total. The van der Waals surface area contributed by atoms with Gasteiger partial charge < -0.3 is 33.8 Å². The zero-order chi connectivity index (χ0) is 76.0. The van der Waals surface area contributed by atoms with Gasteiger partial charge in [0.1, 0.15) is 19.3 Å². The summed E-state index contributed by atoms with van der Waals surface area (Å²) >= 11 is 0. The Morgan fingerprint density at radius 3 is 0.904 bits per heavy atom. The first-order valence-electron chi connectivity index (χ1n) is 39.0. The van der Waals surface area contributed by atoms with Gasteiger partial charge in [-0.1, -0.05) is 287 Å². The Morgan fingerprint density at radius 2 is 0.548 bits per heavy atom. The molecule has 0 aliphatic heterocycles. The largest absolute Gasteiger partial charge is 0.472 e. The molecule has 0 saturated carbocycles. The van der Waals surface area contributed by atoms with Crippen molar-refractivity contribution in [3.8, 4) is 0 Å². The lowest BCUT2D eigenvalue weighted by atomic mass is 10.1. The van der Waals surface area contributed by atoms with Crippen molar-refractivity contribution in [2.75, 3.05) is 39.6 Å². The highest BCUT2D eigenvalue weighted by molar-refractivity contribution is 7.47. The van der Waals surface area contributed by atoms with Crippen LogP contribution in [0.25, 0.3) is 0 Å². The minimum Gasteiger partial charge on any atom is -0.462 e. The molecular weight excluding hydrogens is 1350 g/mol. The molecule has 104 heavy (non-hydrogen) atoms. The van der Waals surface area contributed by atoms with E-state index in [1.165, 1.54) is 38.5 Å². The third kappa shape index (κ3) is 74.4. The molecule has 0 heterocycles. The molecule has 0 rings (SSSR count). The van der Waals surface area contributed by atoms with E-state index in [0.717, 1.165) is 154 Å². The maximum Gasteiger partial charge on any atom is 0.472 e. The van der Waals surface area contributed by atoms with Gasteiger partial charge in [0.2, 0.25) is 0 Å². The van der Waals surface area contributed by atoms with Crippen LogP contribution in [-0.2, 0) is 65.4 Å². The normalized spacial score (nSPS) is 14.9. The highest BCUT2D eigenvalue weighted by Crippen LogP contribution is 2.45. The second kappa shape index (κ2) is 75.4. The van der Waals surface area contributed by atoms with Gasteiger partial charge in [0.25, 0.3) is 0 Å². The number of phosphoric ester groups is 2. The molecule has 0 saturated heterocycles. The number of allylic oxidation sites excluding steroid dienone is 28. The van der Waals surface area contributed by atoms with E-state index in [0.29, 0.717) is 25.7 Å². The summed E-state index contributed by atoms with van der Waals surface area (Å²) in [7, 11) is -10.0. The van der Waals surface area contributed by atoms with Crippen LogP contribution in [0.3, 0.4) is 0 Å². The minimum absolute atomic E-state index is 0.0570. The number of rotatable bonds is 71. The van der Waals surface area contributed by atoms with Crippen molar-refractivity contribution in [1.82, 2.24) is 0 Å². The van der Waals surface area contributed by atoms with E-state index in [2.05, 4.69) is 161 Å². The van der Waals surface area contributed by atoms with Crippen LogP contribution in [0.4, 0.5) is 0 Å². The number of carbonyl (C=O) groups excluding carboxylic acids is 4. The average molecular weight is 1490 g/mol. The highest BCUT2D eigenvalue weighted by atomic mass is 31.2. The molecule has 3 N–H and O–H groups in total. The van der Waals surface area contributed by atoms with Gasteiger partial charge in [-0.15, -0.1) is 0 Å². The quantitative estimate of drug-likeness (QED) is 0.0169. The van der Waals surface area contributed by atoms with Crippen LogP contribution in [0.1, 0.15) is 272 Å². The highest BCUT2D eigenvalue weighted by Gasteiger charge is 2.30. The summed E-state index contributed by atoms with van der Waals surface area (Å²) in [4.78, 5) is 72.8. The van der Waals surface area contributed by atoms with Crippen molar-refractivity contribution in [3.05, 3.63) is 182 Å². The van der Waals surface area contributed by atoms with Gasteiger partial charge in [-0.25, -0.2) is 9.13 Å². The van der Waals surface area contributed by atoms with Crippen LogP contribution in [0.2, 0.25) is 0 Å². The van der Waals surface area contributed by atoms with Gasteiger partial charge in [0.15, 0.2) is 12.2 Å². The first-order valence-corrected chi connectivity index (χ1v) is 42.0. The lowest BCUT2D eigenvalue weighted by molar-refractivity contribution is -0.160. The molecule has 0 bridgehead atoms. The fraction of sp³-hybridized carbons (Fsp3) is 0.600. The second-order valence-corrected chi connectivity index (χ2v) is 28.1. The molecule has 5 unspecified atom stereocenters. The lowest BCUT2D eigenvalue weighted by Gasteiger charge is -2.21. The fourth-order valence-electron chi connectivity index (χ4n) is 9.59. The van der Waals surface area contributed by atoms with E-state index in [4.69, 9.17) is 37.0 Å². The molecule has 0 aliphatic carbocycles. The summed E-state index contributed by atoms with van der Waals surface area (Å²) in [6, 6.07) is 0. The van der Waals surface area contributed by atoms with Gasteiger partial charge >= 0.3 is 39.5 Å². The molecular formula is C85H136O17P2. The van der Waals surface area contributed by atoms with Crippen molar-refractivity contribution in [3.63, 3.8) is 0 Å². The fourth-order valence-corrected chi connectivity index (χ4v) is 11.2. The van der Waals surface area contributed by atoms with Crippen LogP contribution >= 0.6 is 15.6 Å². The Kier molecular flexibility index (Phi) is 71.2. The molecule has 0 amide bonds. The second-order valence-electron chi connectivity index (χ2n) is 25.2. The number of aliphatic hydroxyl groups excluding tert-OH is 1. The Labute approximate surface area is 628 Å². The standard InChI is InChI=1S/C85H136O17P2/c1-5-9-13-17-21-25-29-33-37-38-39-40-44-46-50-54-58-62-66-70-83(88)96-76-81(102-85(90)72-68-64-60-56-52-48-43-36-32-28-24-20-16-12-8-4)78-100-104(93,94)98-74-79(86)73-97-103(91,92)99-77-80(101-84(89)71-67-63-59-55-51-47-42-35-31-27-23-19-15-11-7-3)75-95-82(87)69-65-61-57-53-49-45-41-34-30-26-22-18-14-10-6-2/h9-10,12-14,16,21-22,24-26,28,33-37,39-43,49,52-53,56,61,64-65,68,79-81,86H,5-8,11,15,17-20,23,27,29-32,38,44-48,50-51,54-55,57-60,62-63,66-67,69-78H2,1-4H3,(H,91,92)(H,93,94)/b13-9-,14-10-,16-12-,25-21-,26-22-,28-24-,37-33-,40-39-,41-34-,42-35-,43-36-,53-49-,56-52-,65-61-,68-64-. The summed E-state index contributed by atoms with van der Waals surface area (Å²) in [5, 5.41) is 10.6. The van der Waals surface area contributed by atoms with Crippen molar-refractivity contribution in [2.24, 2.45) is 0 Å². The Morgan fingerprint density at radius 1 is 0.288 bits per heavy atom. The molecule has 0 aromatic rings. The molecule has 5 atom stereocenters. The maximum absolute atomic E-state index is 13.1. The van der Waals surface area contributed by atoms with E-state index >= 15 is 0 Å². The monoisotopic (exact) mass is 1490 g/mol. The van der Waals surface area contributed by atoms with E-state index in [-0.39, 0.29) is 25.7 Å². The lowest BCUT2D eigenvalue weighted by Crippen LogP contribution is -2.30. The number of unbranched alkanes of at least 4 members (excludes halogenated alkanes) is 17. The Balaban J connectivity index is 5.52. The Hall–Kier alpha value is -5.84. The predicted octanol–water partition coefficient (Wildman–Crippen LogP) is 22.8. The zero-order valence-corrected chi connectivity index (χ0v) is 65.9. The SMILES string of the molecule is CC/C=C\C/C=C\C/C=C\C/C=C\C/C=C\CC(=O)OCC(COP(=O)(O)OCC(O)COP(=O)(O)OCC(COC(=O)CCCCCCCC/C=C\C/C=C\C/C=C\C/C=C\CC)OC(=O)C/C=C\C/C=C\C/C=C\C/C=C\C/C=C\CC)OC(=O)CCCCCCC/C=C\CCCCCCCC. The number of esters is 4. The van der Waals surface area contributed by atoms with E-state index in [9.17, 15) is 43.2 Å². The summed E-state index contributed by atoms with van der Waals surface area (Å²) in [5.74, 6) is -2.51. The van der Waals surface area contributed by atoms with Gasteiger partial charge in [0.05, 0.1) is 39.3 Å². The summed E-state index contributed by atoms with van der Waals surface area (Å²) in [6.45, 7) is 4.25. The molecule has 588 valence electrons. The van der Waals surface area contributed by atoms with Crippen LogP contribution in [0, 0.1) is 0 Å². The van der Waals surface area contributed by atoms with Crippen LogP contribution < -0.4 is 0 Å². The van der Waals surface area contributed by atoms with E-state index in [1.807, 2.05) is 30.4 Å². The van der Waals surface area contributed by atoms with E-state index < -0.39 is 97.5 Å². The summed E-state index contributed by atoms with van der Waals surface area (Å²) in [6.07, 6.45) is 90.8. The third-order valence-electron chi connectivity index (χ3n) is 15.4.